The second-order valence-corrected chi connectivity index (χ2v) is 9.47. The monoisotopic (exact) mass is 416 g/mol. The summed E-state index contributed by atoms with van der Waals surface area (Å²) in [6.07, 6.45) is 7.82. The van der Waals surface area contributed by atoms with Gasteiger partial charge in [0, 0.05) is 36.9 Å². The summed E-state index contributed by atoms with van der Waals surface area (Å²) in [6.45, 7) is 7.22. The summed E-state index contributed by atoms with van der Waals surface area (Å²) in [5.41, 5.74) is 4.20. The molecule has 5 heteroatoms. The van der Waals surface area contributed by atoms with Crippen molar-refractivity contribution in [3.63, 3.8) is 0 Å². The summed E-state index contributed by atoms with van der Waals surface area (Å²) in [5, 5.41) is 0. The van der Waals surface area contributed by atoms with Crippen molar-refractivity contribution in [2.45, 2.75) is 39.0 Å². The minimum atomic E-state index is 0.0844. The molecule has 1 spiro atoms. The number of hydrogen-bond donors (Lipinski definition) is 0. The van der Waals surface area contributed by atoms with Gasteiger partial charge in [-0.25, -0.2) is 4.98 Å². The molecule has 2 aliphatic heterocycles. The maximum atomic E-state index is 13.2. The smallest absolute Gasteiger partial charge is 0.274 e. The lowest BCUT2D eigenvalue weighted by Crippen LogP contribution is -2.45. The molecule has 1 unspecified atom stereocenters. The zero-order valence-corrected chi connectivity index (χ0v) is 18.5. The standard InChI is InChI=1S/C26H32N4O/c1-21-8-5-12-24-27-23(18-30(21)24)25(31)29-17-14-26(20-29)13-7-16-28(19-26)15-6-11-22-9-3-2-4-10-22/h2-5,8-10,12,18H,6-7,11,13-17,19-20H2,1H3. The van der Waals surface area contributed by atoms with E-state index in [0.29, 0.717) is 5.69 Å². The number of amides is 1. The number of rotatable bonds is 5. The summed E-state index contributed by atoms with van der Waals surface area (Å²) >= 11 is 0. The van der Waals surface area contributed by atoms with Crippen molar-refractivity contribution >= 4 is 11.6 Å². The first kappa shape index (κ1) is 20.3. The van der Waals surface area contributed by atoms with Gasteiger partial charge in [0.25, 0.3) is 5.91 Å². The molecule has 2 aliphatic rings. The Morgan fingerprint density at radius 2 is 1.90 bits per heavy atom. The summed E-state index contributed by atoms with van der Waals surface area (Å²) in [6, 6.07) is 16.8. The number of hydrogen-bond acceptors (Lipinski definition) is 3. The Labute approximate surface area is 184 Å². The van der Waals surface area contributed by atoms with Gasteiger partial charge in [0.2, 0.25) is 0 Å². The predicted octanol–water partition coefficient (Wildman–Crippen LogP) is 4.20. The Bertz CT molecular complexity index is 1060. The Hall–Kier alpha value is -2.66. The highest BCUT2D eigenvalue weighted by molar-refractivity contribution is 5.93. The molecular formula is C26H32N4O. The number of pyridine rings is 1. The van der Waals surface area contributed by atoms with Crippen LogP contribution < -0.4 is 0 Å². The topological polar surface area (TPSA) is 40.9 Å². The number of aromatic nitrogens is 2. The van der Waals surface area contributed by atoms with Gasteiger partial charge in [-0.3, -0.25) is 4.79 Å². The highest BCUT2D eigenvalue weighted by atomic mass is 16.2. The molecule has 2 fully saturated rings. The van der Waals surface area contributed by atoms with Gasteiger partial charge in [0.05, 0.1) is 0 Å². The second-order valence-electron chi connectivity index (χ2n) is 9.47. The van der Waals surface area contributed by atoms with Gasteiger partial charge in [0.15, 0.2) is 0 Å². The van der Waals surface area contributed by atoms with Crippen molar-refractivity contribution in [3.05, 3.63) is 71.7 Å². The van der Waals surface area contributed by atoms with E-state index in [-0.39, 0.29) is 11.3 Å². The van der Waals surface area contributed by atoms with Crippen LogP contribution in [-0.4, -0.2) is 57.8 Å². The molecule has 1 aromatic carbocycles. The van der Waals surface area contributed by atoms with Crippen LogP contribution in [0, 0.1) is 12.3 Å². The fraction of sp³-hybridized carbons (Fsp3) is 0.462. The van der Waals surface area contributed by atoms with E-state index in [1.807, 2.05) is 40.6 Å². The van der Waals surface area contributed by atoms with Gasteiger partial charge in [0.1, 0.15) is 11.3 Å². The highest BCUT2D eigenvalue weighted by Crippen LogP contribution is 2.39. The first-order chi connectivity index (χ1) is 15.1. The minimum absolute atomic E-state index is 0.0844. The molecule has 1 atom stereocenters. The van der Waals surface area contributed by atoms with Crippen molar-refractivity contribution < 1.29 is 4.79 Å². The fourth-order valence-electron chi connectivity index (χ4n) is 5.51. The molecule has 2 saturated heterocycles. The third kappa shape index (κ3) is 4.24. The van der Waals surface area contributed by atoms with Gasteiger partial charge in [-0.2, -0.15) is 0 Å². The zero-order chi connectivity index (χ0) is 21.3. The number of likely N-dealkylation sites (tertiary alicyclic amines) is 2. The molecule has 5 rings (SSSR count). The van der Waals surface area contributed by atoms with Crippen LogP contribution in [0.1, 0.15) is 47.4 Å². The summed E-state index contributed by atoms with van der Waals surface area (Å²) < 4.78 is 2.01. The van der Waals surface area contributed by atoms with Crippen LogP contribution in [0.3, 0.4) is 0 Å². The van der Waals surface area contributed by atoms with Crippen LogP contribution in [0.2, 0.25) is 0 Å². The number of aryl methyl sites for hydroxylation is 2. The van der Waals surface area contributed by atoms with E-state index in [1.54, 1.807) is 0 Å². The van der Waals surface area contributed by atoms with Crippen LogP contribution in [0.15, 0.2) is 54.7 Å². The Balaban J connectivity index is 1.20. The Kier molecular flexibility index (Phi) is 5.53. The molecular weight excluding hydrogens is 384 g/mol. The second kappa shape index (κ2) is 8.46. The van der Waals surface area contributed by atoms with Gasteiger partial charge >= 0.3 is 0 Å². The van der Waals surface area contributed by atoms with E-state index in [1.165, 1.54) is 31.4 Å². The minimum Gasteiger partial charge on any atom is -0.337 e. The van der Waals surface area contributed by atoms with Crippen LogP contribution in [-0.2, 0) is 6.42 Å². The molecule has 0 saturated carbocycles. The number of piperidine rings is 1. The molecule has 0 radical (unpaired) electrons. The van der Waals surface area contributed by atoms with E-state index in [2.05, 4.69) is 40.2 Å². The predicted molar refractivity (Wildman–Crippen MR) is 123 cm³/mol. The molecule has 3 aromatic rings. The number of benzene rings is 1. The first-order valence-electron chi connectivity index (χ1n) is 11.6. The van der Waals surface area contributed by atoms with E-state index >= 15 is 0 Å². The number of carbonyl (C=O) groups is 1. The van der Waals surface area contributed by atoms with Gasteiger partial charge in [-0.05, 0) is 69.8 Å². The van der Waals surface area contributed by atoms with Crippen molar-refractivity contribution in [1.29, 1.82) is 0 Å². The summed E-state index contributed by atoms with van der Waals surface area (Å²) in [5.74, 6) is 0.0844. The van der Waals surface area contributed by atoms with E-state index in [4.69, 9.17) is 0 Å². The normalized spacial score (nSPS) is 21.9. The van der Waals surface area contributed by atoms with Crippen molar-refractivity contribution in [2.75, 3.05) is 32.7 Å². The summed E-state index contributed by atoms with van der Waals surface area (Å²) in [7, 11) is 0. The third-order valence-electron chi connectivity index (χ3n) is 7.16. The maximum absolute atomic E-state index is 13.2. The Morgan fingerprint density at radius 1 is 1.03 bits per heavy atom. The molecule has 0 aliphatic carbocycles. The lowest BCUT2D eigenvalue weighted by atomic mass is 9.79. The maximum Gasteiger partial charge on any atom is 0.274 e. The fourth-order valence-corrected chi connectivity index (χ4v) is 5.51. The molecule has 162 valence electrons. The third-order valence-corrected chi connectivity index (χ3v) is 7.16. The van der Waals surface area contributed by atoms with Crippen LogP contribution in [0.5, 0.6) is 0 Å². The molecule has 5 nitrogen and oxygen atoms in total. The highest BCUT2D eigenvalue weighted by Gasteiger charge is 2.43. The molecule has 0 N–H and O–H groups in total. The number of imidazole rings is 1. The molecule has 2 aromatic heterocycles. The average Bonchev–Trinajstić information content (AvgIpc) is 3.40. The number of nitrogens with zero attached hydrogens (tertiary/aromatic N) is 4. The van der Waals surface area contributed by atoms with Gasteiger partial charge < -0.3 is 14.2 Å². The van der Waals surface area contributed by atoms with Crippen LogP contribution >= 0.6 is 0 Å². The van der Waals surface area contributed by atoms with Crippen LogP contribution in [0.25, 0.3) is 5.65 Å². The Morgan fingerprint density at radius 3 is 2.74 bits per heavy atom. The number of carbonyl (C=O) groups excluding carboxylic acids is 1. The van der Waals surface area contributed by atoms with Crippen molar-refractivity contribution in [3.8, 4) is 0 Å². The van der Waals surface area contributed by atoms with Gasteiger partial charge in [-0.1, -0.05) is 36.4 Å². The lowest BCUT2D eigenvalue weighted by molar-refractivity contribution is 0.0684. The quantitative estimate of drug-likeness (QED) is 0.626. The van der Waals surface area contributed by atoms with Crippen molar-refractivity contribution in [1.82, 2.24) is 19.2 Å². The SMILES string of the molecule is Cc1cccc2nc(C(=O)N3CCC4(CCCN(CCCc5ccccc5)C4)C3)cn12. The van der Waals surface area contributed by atoms with Gasteiger partial charge in [-0.15, -0.1) is 0 Å². The lowest BCUT2D eigenvalue weighted by Gasteiger charge is -2.40. The van der Waals surface area contributed by atoms with Crippen LogP contribution in [0.4, 0.5) is 0 Å². The van der Waals surface area contributed by atoms with Crippen molar-refractivity contribution in [2.24, 2.45) is 5.41 Å². The summed E-state index contributed by atoms with van der Waals surface area (Å²) in [4.78, 5) is 22.5. The zero-order valence-electron chi connectivity index (χ0n) is 18.5. The molecule has 1 amide bonds. The largest absolute Gasteiger partial charge is 0.337 e. The first-order valence-corrected chi connectivity index (χ1v) is 11.6. The van der Waals surface area contributed by atoms with E-state index in [9.17, 15) is 4.79 Å². The van der Waals surface area contributed by atoms with E-state index < -0.39 is 0 Å². The molecule has 31 heavy (non-hydrogen) atoms. The molecule has 4 heterocycles. The molecule has 0 bridgehead atoms. The van der Waals surface area contributed by atoms with E-state index in [0.717, 1.165) is 50.4 Å². The average molecular weight is 417 g/mol. The number of fused-ring (bicyclic) bond motifs is 1.